The van der Waals surface area contributed by atoms with Crippen molar-refractivity contribution in [3.05, 3.63) is 28.3 Å². The van der Waals surface area contributed by atoms with Gasteiger partial charge < -0.3 is 9.94 Å². The van der Waals surface area contributed by atoms with Crippen LogP contribution in [-0.2, 0) is 10.3 Å². The van der Waals surface area contributed by atoms with Crippen LogP contribution in [0.1, 0.15) is 38.3 Å². The number of aliphatic imine (C=N–C) groups is 1. The molecule has 1 N–H and O–H groups in total. The number of phenolic OH excluding ortho intramolecular Hbond substituents is 1. The third-order valence-corrected chi connectivity index (χ3v) is 3.71. The van der Waals surface area contributed by atoms with Gasteiger partial charge in [-0.15, -0.1) is 0 Å². The van der Waals surface area contributed by atoms with E-state index in [1.54, 1.807) is 6.07 Å². The molecule has 0 spiro atoms. The minimum absolute atomic E-state index is 0.120. The van der Waals surface area contributed by atoms with E-state index in [0.717, 1.165) is 16.8 Å². The molecule has 0 amide bonds. The molecule has 1 aliphatic rings. The first-order valence-electron chi connectivity index (χ1n) is 6.62. The van der Waals surface area contributed by atoms with Gasteiger partial charge in [0.25, 0.3) is 0 Å². The van der Waals surface area contributed by atoms with Crippen molar-refractivity contribution in [1.82, 2.24) is 0 Å². The molecule has 0 fully saturated rings. The lowest BCUT2D eigenvalue weighted by molar-refractivity contribution is 0.0924. The fourth-order valence-corrected chi connectivity index (χ4v) is 2.47. The number of benzene rings is 1. The largest absolute Gasteiger partial charge is 0.506 e. The summed E-state index contributed by atoms with van der Waals surface area (Å²) >= 11 is 10.7. The molecule has 0 aliphatic carbocycles. The van der Waals surface area contributed by atoms with Crippen molar-refractivity contribution in [1.29, 1.82) is 0 Å². The monoisotopic (exact) mass is 324 g/mol. The summed E-state index contributed by atoms with van der Waals surface area (Å²) in [5.41, 5.74) is 2.22. The maximum Gasteiger partial charge on any atom is 0.153 e. The molecule has 1 heterocycles. The molecule has 0 bridgehead atoms. The van der Waals surface area contributed by atoms with E-state index in [0.29, 0.717) is 18.0 Å². The summed E-state index contributed by atoms with van der Waals surface area (Å²) in [5.74, 6) is 0.120. The van der Waals surface area contributed by atoms with Gasteiger partial charge in [0.05, 0.1) is 22.4 Å². The molecular weight excluding hydrogens is 308 g/mol. The smallest absolute Gasteiger partial charge is 0.153 e. The summed E-state index contributed by atoms with van der Waals surface area (Å²) in [4.78, 5) is 9.19. The predicted octanol–water partition coefficient (Wildman–Crippen LogP) is 3.94. The molecule has 0 saturated carbocycles. The Bertz CT molecular complexity index is 631. The number of nitrogens with zero attached hydrogens (tertiary/aromatic N) is 2. The number of phenols is 1. The number of oxime groups is 1. The first-order chi connectivity index (χ1) is 9.82. The molecule has 21 heavy (non-hydrogen) atoms. The van der Waals surface area contributed by atoms with Crippen LogP contribution >= 0.6 is 23.8 Å². The Morgan fingerprint density at radius 3 is 2.86 bits per heavy atom. The maximum absolute atomic E-state index is 10.1. The van der Waals surface area contributed by atoms with E-state index in [1.807, 2.05) is 26.8 Å². The van der Waals surface area contributed by atoms with Crippen molar-refractivity contribution < 1.29 is 9.94 Å². The molecule has 0 radical (unpaired) electrons. The number of rotatable bonds is 3. The van der Waals surface area contributed by atoms with E-state index in [1.165, 1.54) is 0 Å². The Hall–Kier alpha value is -1.42. The van der Waals surface area contributed by atoms with Gasteiger partial charge >= 0.3 is 0 Å². The van der Waals surface area contributed by atoms with Crippen LogP contribution in [0.5, 0.6) is 5.75 Å². The van der Waals surface area contributed by atoms with Gasteiger partial charge in [0, 0.05) is 17.5 Å². The molecule has 1 aromatic carbocycles. The Labute approximate surface area is 134 Å². The summed E-state index contributed by atoms with van der Waals surface area (Å²) in [5, 5.41) is 16.9. The van der Waals surface area contributed by atoms with E-state index in [-0.39, 0.29) is 17.3 Å². The second kappa shape index (κ2) is 6.14. The molecule has 1 aromatic rings. The third kappa shape index (κ3) is 3.62. The van der Waals surface area contributed by atoms with Crippen LogP contribution in [0.2, 0.25) is 5.02 Å². The Kier molecular flexibility index (Phi) is 4.67. The van der Waals surface area contributed by atoms with Gasteiger partial charge in [-0.3, -0.25) is 0 Å². The number of isothiocyanates is 1. The van der Waals surface area contributed by atoms with Crippen molar-refractivity contribution >= 4 is 34.7 Å². The number of thiocarbonyl (C=S) groups is 1. The lowest BCUT2D eigenvalue weighted by Gasteiger charge is -2.22. The lowest BCUT2D eigenvalue weighted by atomic mass is 9.84. The third-order valence-electron chi connectivity index (χ3n) is 3.30. The highest BCUT2D eigenvalue weighted by Crippen LogP contribution is 2.37. The fraction of sp³-hybridized carbons (Fsp3) is 0.467. The minimum atomic E-state index is -0.218. The van der Waals surface area contributed by atoms with Crippen LogP contribution in [0.15, 0.2) is 22.3 Å². The first kappa shape index (κ1) is 16.0. The van der Waals surface area contributed by atoms with E-state index in [4.69, 9.17) is 16.4 Å². The van der Waals surface area contributed by atoms with Gasteiger partial charge in [-0.1, -0.05) is 37.5 Å². The van der Waals surface area contributed by atoms with E-state index >= 15 is 0 Å². The van der Waals surface area contributed by atoms with E-state index < -0.39 is 0 Å². The normalized spacial score (nSPS) is 17.9. The summed E-state index contributed by atoms with van der Waals surface area (Å²) < 4.78 is 0. The van der Waals surface area contributed by atoms with E-state index in [2.05, 4.69) is 27.5 Å². The van der Waals surface area contributed by atoms with Crippen LogP contribution in [0, 0.1) is 0 Å². The summed E-state index contributed by atoms with van der Waals surface area (Å²) in [6.45, 7) is 6.50. The number of halogens is 1. The fourth-order valence-electron chi connectivity index (χ4n) is 2.17. The topological polar surface area (TPSA) is 54.2 Å². The molecule has 0 saturated heterocycles. The zero-order valence-corrected chi connectivity index (χ0v) is 13.8. The van der Waals surface area contributed by atoms with Crippen LogP contribution in [0.4, 0.5) is 0 Å². The Balaban J connectivity index is 2.30. The van der Waals surface area contributed by atoms with Crippen molar-refractivity contribution in [2.24, 2.45) is 10.1 Å². The number of hydrogen-bond donors (Lipinski definition) is 1. The average molecular weight is 325 g/mol. The quantitative estimate of drug-likeness (QED) is 0.677. The predicted molar refractivity (Wildman–Crippen MR) is 87.7 cm³/mol. The zero-order valence-electron chi connectivity index (χ0n) is 12.2. The van der Waals surface area contributed by atoms with Crippen LogP contribution in [0.3, 0.4) is 0 Å². The summed E-state index contributed by atoms with van der Waals surface area (Å²) in [6, 6.07) is 3.62. The van der Waals surface area contributed by atoms with Crippen LogP contribution in [0.25, 0.3) is 0 Å². The second-order valence-electron chi connectivity index (χ2n) is 6.01. The van der Waals surface area contributed by atoms with Crippen LogP contribution < -0.4 is 0 Å². The Morgan fingerprint density at radius 1 is 1.52 bits per heavy atom. The molecule has 4 nitrogen and oxygen atoms in total. The lowest BCUT2D eigenvalue weighted by Crippen LogP contribution is -2.14. The molecule has 0 aromatic heterocycles. The van der Waals surface area contributed by atoms with Gasteiger partial charge in [0.2, 0.25) is 0 Å². The SMILES string of the molecule is CC(C)(C)c1cc(C2=NOC(CN=C=S)C2)cc(Cl)c1O. The molecule has 112 valence electrons. The standard InChI is InChI=1S/C15H17ClN2O2S/c1-15(2,3)11-4-9(5-12(16)14(11)19)13-6-10(20-18-13)7-17-8-21/h4-5,10,19H,6-7H2,1-3H3. The van der Waals surface area contributed by atoms with Gasteiger partial charge in [-0.05, 0) is 29.8 Å². The molecule has 1 atom stereocenters. The van der Waals surface area contributed by atoms with Crippen LogP contribution in [-0.4, -0.2) is 28.6 Å². The van der Waals surface area contributed by atoms with Gasteiger partial charge in [0.1, 0.15) is 5.75 Å². The molecule has 1 aliphatic heterocycles. The molecular formula is C15H17ClN2O2S. The summed E-state index contributed by atoms with van der Waals surface area (Å²) in [6.07, 6.45) is 0.506. The van der Waals surface area contributed by atoms with Gasteiger partial charge in [0.15, 0.2) is 6.10 Å². The van der Waals surface area contributed by atoms with E-state index in [9.17, 15) is 5.11 Å². The molecule has 6 heteroatoms. The van der Waals surface area contributed by atoms with Crippen molar-refractivity contribution in [2.45, 2.75) is 38.7 Å². The van der Waals surface area contributed by atoms with Gasteiger partial charge in [-0.2, -0.15) is 0 Å². The summed E-state index contributed by atoms with van der Waals surface area (Å²) in [7, 11) is 0. The van der Waals surface area contributed by atoms with Crippen molar-refractivity contribution in [2.75, 3.05) is 6.54 Å². The van der Waals surface area contributed by atoms with Crippen molar-refractivity contribution in [3.8, 4) is 5.75 Å². The van der Waals surface area contributed by atoms with Crippen molar-refractivity contribution in [3.63, 3.8) is 0 Å². The van der Waals surface area contributed by atoms with Gasteiger partial charge in [-0.25, -0.2) is 4.99 Å². The Morgan fingerprint density at radius 2 is 2.24 bits per heavy atom. The number of hydrogen-bond acceptors (Lipinski definition) is 5. The first-order valence-corrected chi connectivity index (χ1v) is 7.41. The maximum atomic E-state index is 10.1. The molecule has 1 unspecified atom stereocenters. The highest BCUT2D eigenvalue weighted by atomic mass is 35.5. The second-order valence-corrected chi connectivity index (χ2v) is 6.60. The average Bonchev–Trinajstić information content (AvgIpc) is 2.86. The minimum Gasteiger partial charge on any atom is -0.506 e. The zero-order chi connectivity index (χ0) is 15.6. The highest BCUT2D eigenvalue weighted by molar-refractivity contribution is 7.78. The number of aromatic hydroxyl groups is 1. The highest BCUT2D eigenvalue weighted by Gasteiger charge is 2.26. The molecule has 2 rings (SSSR count).